The zero-order valence-electron chi connectivity index (χ0n) is 9.47. The van der Waals surface area contributed by atoms with Crippen LogP contribution in [0.3, 0.4) is 0 Å². The molecule has 1 atom stereocenters. The average molecular weight is 196 g/mol. The summed E-state index contributed by atoms with van der Waals surface area (Å²) in [5.74, 6) is 0.963. The van der Waals surface area contributed by atoms with E-state index in [4.69, 9.17) is 0 Å². The van der Waals surface area contributed by atoms with Crippen LogP contribution in [0.25, 0.3) is 0 Å². The molecular weight excluding hydrogens is 172 g/mol. The van der Waals surface area contributed by atoms with E-state index in [1.807, 2.05) is 0 Å². The van der Waals surface area contributed by atoms with Gasteiger partial charge in [0.25, 0.3) is 0 Å². The minimum atomic E-state index is 0.789. The second-order valence-corrected chi connectivity index (χ2v) is 5.13. The summed E-state index contributed by atoms with van der Waals surface area (Å²) in [6.07, 6.45) is 7.03. The van der Waals surface area contributed by atoms with Crippen molar-refractivity contribution in [1.82, 2.24) is 10.2 Å². The van der Waals surface area contributed by atoms with E-state index in [0.717, 1.165) is 12.0 Å². The number of nitrogens with one attached hydrogen (secondary N) is 1. The van der Waals surface area contributed by atoms with Crippen LogP contribution in [0.2, 0.25) is 0 Å². The van der Waals surface area contributed by atoms with Crippen LogP contribution >= 0.6 is 0 Å². The van der Waals surface area contributed by atoms with E-state index in [2.05, 4.69) is 17.1 Å². The fourth-order valence-corrected chi connectivity index (χ4v) is 2.64. The quantitative estimate of drug-likeness (QED) is 0.725. The molecule has 0 unspecified atom stereocenters. The molecule has 2 aliphatic rings. The van der Waals surface area contributed by atoms with E-state index in [-0.39, 0.29) is 0 Å². The molecule has 2 nitrogen and oxygen atoms in total. The number of hydrogen-bond acceptors (Lipinski definition) is 2. The molecule has 0 spiro atoms. The van der Waals surface area contributed by atoms with Crippen LogP contribution in [0.4, 0.5) is 0 Å². The molecule has 1 N–H and O–H groups in total. The largest absolute Gasteiger partial charge is 0.313 e. The van der Waals surface area contributed by atoms with Gasteiger partial charge in [-0.05, 0) is 51.2 Å². The van der Waals surface area contributed by atoms with Gasteiger partial charge in [0.15, 0.2) is 0 Å². The van der Waals surface area contributed by atoms with Crippen LogP contribution in [0.15, 0.2) is 0 Å². The Balaban J connectivity index is 1.68. The Morgan fingerprint density at radius 3 is 2.57 bits per heavy atom. The van der Waals surface area contributed by atoms with Crippen molar-refractivity contribution in [2.75, 3.05) is 26.2 Å². The van der Waals surface area contributed by atoms with Crippen molar-refractivity contribution >= 4 is 0 Å². The van der Waals surface area contributed by atoms with Gasteiger partial charge in [-0.15, -0.1) is 0 Å². The highest BCUT2D eigenvalue weighted by Crippen LogP contribution is 2.17. The standard InChI is InChI=1S/C12H24N2/c1-11-5-8-14(9-6-11)10-12-4-2-3-7-13-12/h11-13H,2-10H2,1H3/t12-/m1/s1. The fourth-order valence-electron chi connectivity index (χ4n) is 2.64. The second kappa shape index (κ2) is 5.13. The van der Waals surface area contributed by atoms with Gasteiger partial charge in [0.1, 0.15) is 0 Å². The highest BCUT2D eigenvalue weighted by atomic mass is 15.2. The van der Waals surface area contributed by atoms with Gasteiger partial charge in [0.2, 0.25) is 0 Å². The summed E-state index contributed by atoms with van der Waals surface area (Å²) in [6, 6.07) is 0.789. The van der Waals surface area contributed by atoms with E-state index in [9.17, 15) is 0 Å². The minimum absolute atomic E-state index is 0.789. The van der Waals surface area contributed by atoms with Crippen molar-refractivity contribution in [2.45, 2.75) is 45.1 Å². The third-order valence-electron chi connectivity index (χ3n) is 3.77. The van der Waals surface area contributed by atoms with Gasteiger partial charge in [-0.2, -0.15) is 0 Å². The zero-order valence-corrected chi connectivity index (χ0v) is 9.47. The molecule has 0 aromatic rings. The maximum absolute atomic E-state index is 3.64. The molecule has 82 valence electrons. The number of hydrogen-bond donors (Lipinski definition) is 1. The molecule has 2 fully saturated rings. The first-order valence-corrected chi connectivity index (χ1v) is 6.30. The van der Waals surface area contributed by atoms with Gasteiger partial charge >= 0.3 is 0 Å². The summed E-state index contributed by atoms with van der Waals surface area (Å²) >= 11 is 0. The SMILES string of the molecule is CC1CCN(C[C@H]2CCCCN2)CC1. The van der Waals surface area contributed by atoms with Gasteiger partial charge in [-0.3, -0.25) is 0 Å². The maximum atomic E-state index is 3.64. The molecule has 0 radical (unpaired) electrons. The molecule has 14 heavy (non-hydrogen) atoms. The van der Waals surface area contributed by atoms with E-state index in [1.54, 1.807) is 0 Å². The van der Waals surface area contributed by atoms with E-state index >= 15 is 0 Å². The molecule has 2 heteroatoms. The van der Waals surface area contributed by atoms with Crippen LogP contribution in [0.1, 0.15) is 39.0 Å². The fraction of sp³-hybridized carbons (Fsp3) is 1.00. The molecule has 0 aromatic carbocycles. The molecule has 2 saturated heterocycles. The lowest BCUT2D eigenvalue weighted by Crippen LogP contribution is -2.45. The summed E-state index contributed by atoms with van der Waals surface area (Å²) in [6.45, 7) is 7.59. The van der Waals surface area contributed by atoms with E-state index in [1.165, 1.54) is 58.3 Å². The first-order chi connectivity index (χ1) is 6.84. The Bertz CT molecular complexity index is 156. The topological polar surface area (TPSA) is 15.3 Å². The lowest BCUT2D eigenvalue weighted by molar-refractivity contribution is 0.166. The molecule has 0 amide bonds. The summed E-state index contributed by atoms with van der Waals surface area (Å²) in [5, 5.41) is 3.64. The normalized spacial score (nSPS) is 31.9. The van der Waals surface area contributed by atoms with Gasteiger partial charge in [-0.1, -0.05) is 13.3 Å². The monoisotopic (exact) mass is 196 g/mol. The molecule has 0 bridgehead atoms. The summed E-state index contributed by atoms with van der Waals surface area (Å²) in [4.78, 5) is 2.66. The van der Waals surface area contributed by atoms with Crippen molar-refractivity contribution in [3.05, 3.63) is 0 Å². The van der Waals surface area contributed by atoms with E-state index in [0.29, 0.717) is 0 Å². The van der Waals surface area contributed by atoms with Crippen LogP contribution < -0.4 is 5.32 Å². The third kappa shape index (κ3) is 2.96. The number of rotatable bonds is 2. The summed E-state index contributed by atoms with van der Waals surface area (Å²) < 4.78 is 0. The van der Waals surface area contributed by atoms with Crippen molar-refractivity contribution in [2.24, 2.45) is 5.92 Å². The predicted octanol–water partition coefficient (Wildman–Crippen LogP) is 1.86. The Kier molecular flexibility index (Phi) is 3.82. The minimum Gasteiger partial charge on any atom is -0.313 e. The molecule has 2 rings (SSSR count). The third-order valence-corrected chi connectivity index (χ3v) is 3.77. The molecule has 0 saturated carbocycles. The van der Waals surface area contributed by atoms with Crippen LogP contribution in [-0.4, -0.2) is 37.1 Å². The Morgan fingerprint density at radius 2 is 1.93 bits per heavy atom. The lowest BCUT2D eigenvalue weighted by Gasteiger charge is -2.34. The van der Waals surface area contributed by atoms with Crippen molar-refractivity contribution in [3.63, 3.8) is 0 Å². The van der Waals surface area contributed by atoms with E-state index < -0.39 is 0 Å². The number of likely N-dealkylation sites (tertiary alicyclic amines) is 1. The van der Waals surface area contributed by atoms with Gasteiger partial charge in [-0.25, -0.2) is 0 Å². The van der Waals surface area contributed by atoms with Gasteiger partial charge < -0.3 is 10.2 Å². The Labute approximate surface area is 88.1 Å². The lowest BCUT2D eigenvalue weighted by atomic mass is 9.97. The Hall–Kier alpha value is -0.0800. The average Bonchev–Trinajstić information content (AvgIpc) is 2.23. The molecule has 0 aliphatic carbocycles. The summed E-state index contributed by atoms with van der Waals surface area (Å²) in [5.41, 5.74) is 0. The summed E-state index contributed by atoms with van der Waals surface area (Å²) in [7, 11) is 0. The van der Waals surface area contributed by atoms with Crippen LogP contribution in [-0.2, 0) is 0 Å². The van der Waals surface area contributed by atoms with Crippen molar-refractivity contribution < 1.29 is 0 Å². The predicted molar refractivity (Wildman–Crippen MR) is 60.5 cm³/mol. The van der Waals surface area contributed by atoms with Crippen molar-refractivity contribution in [3.8, 4) is 0 Å². The smallest absolute Gasteiger partial charge is 0.0195 e. The molecule has 2 heterocycles. The second-order valence-electron chi connectivity index (χ2n) is 5.13. The first kappa shape index (κ1) is 10.4. The van der Waals surface area contributed by atoms with Gasteiger partial charge in [0.05, 0.1) is 0 Å². The van der Waals surface area contributed by atoms with Crippen LogP contribution in [0, 0.1) is 5.92 Å². The molecule has 0 aromatic heterocycles. The first-order valence-electron chi connectivity index (χ1n) is 6.30. The highest BCUT2D eigenvalue weighted by Gasteiger charge is 2.20. The molecular formula is C12H24N2. The zero-order chi connectivity index (χ0) is 9.80. The van der Waals surface area contributed by atoms with Crippen molar-refractivity contribution in [1.29, 1.82) is 0 Å². The number of piperidine rings is 2. The number of nitrogens with zero attached hydrogens (tertiary/aromatic N) is 1. The Morgan fingerprint density at radius 1 is 1.14 bits per heavy atom. The van der Waals surface area contributed by atoms with Crippen LogP contribution in [0.5, 0.6) is 0 Å². The maximum Gasteiger partial charge on any atom is 0.0195 e. The highest BCUT2D eigenvalue weighted by molar-refractivity contribution is 4.78. The van der Waals surface area contributed by atoms with Gasteiger partial charge in [0, 0.05) is 12.6 Å². The molecule has 2 aliphatic heterocycles.